The van der Waals surface area contributed by atoms with E-state index >= 15 is 0 Å². The number of carbonyl (C=O) groups is 2. The first-order chi connectivity index (χ1) is 17.6. The van der Waals surface area contributed by atoms with Gasteiger partial charge < -0.3 is 15.0 Å². The summed E-state index contributed by atoms with van der Waals surface area (Å²) in [5.41, 5.74) is 1.97. The lowest BCUT2D eigenvalue weighted by atomic mass is 9.99. The zero-order chi connectivity index (χ0) is 26.7. The molecule has 1 atom stereocenters. The maximum absolute atomic E-state index is 13.3. The molecule has 0 saturated heterocycles. The van der Waals surface area contributed by atoms with Crippen LogP contribution < -0.4 is 5.32 Å². The minimum Gasteiger partial charge on any atom is -0.478 e. The van der Waals surface area contributed by atoms with Gasteiger partial charge in [-0.15, -0.1) is 0 Å². The number of rotatable bonds is 8. The first-order valence-corrected chi connectivity index (χ1v) is 11.4. The molecule has 0 bridgehead atoms. The minimum atomic E-state index is -4.44. The molecule has 0 aliphatic rings. The predicted molar refractivity (Wildman–Crippen MR) is 129 cm³/mol. The summed E-state index contributed by atoms with van der Waals surface area (Å²) < 4.78 is 53.6. The van der Waals surface area contributed by atoms with Crippen molar-refractivity contribution in [2.45, 2.75) is 32.1 Å². The molecule has 2 heterocycles. The van der Waals surface area contributed by atoms with Crippen LogP contribution >= 0.6 is 0 Å². The Morgan fingerprint density at radius 2 is 1.73 bits per heavy atom. The number of halogens is 4. The third-order valence-corrected chi connectivity index (χ3v) is 6.09. The van der Waals surface area contributed by atoms with Gasteiger partial charge in [-0.3, -0.25) is 4.79 Å². The summed E-state index contributed by atoms with van der Waals surface area (Å²) >= 11 is 0. The molecule has 4 aromatic rings. The van der Waals surface area contributed by atoms with Crippen molar-refractivity contribution in [2.75, 3.05) is 6.67 Å². The molecule has 0 spiro atoms. The number of aromatic nitrogens is 2. The second-order valence-electron chi connectivity index (χ2n) is 8.59. The molecule has 6 nitrogen and oxygen atoms in total. The van der Waals surface area contributed by atoms with Crippen LogP contribution in [0.4, 0.5) is 17.6 Å². The summed E-state index contributed by atoms with van der Waals surface area (Å²) in [5.74, 6) is -1.50. The molecular formula is C27H23F4N3O3. The van der Waals surface area contributed by atoms with E-state index in [4.69, 9.17) is 5.11 Å². The number of pyridine rings is 1. The van der Waals surface area contributed by atoms with Crippen LogP contribution in [0.15, 0.2) is 67.0 Å². The first kappa shape index (κ1) is 25.9. The van der Waals surface area contributed by atoms with E-state index in [0.29, 0.717) is 27.7 Å². The van der Waals surface area contributed by atoms with E-state index in [1.807, 2.05) is 0 Å². The molecule has 0 radical (unpaired) electrons. The highest BCUT2D eigenvalue weighted by molar-refractivity contribution is 6.07. The second-order valence-corrected chi connectivity index (χ2v) is 8.59. The van der Waals surface area contributed by atoms with E-state index in [-0.39, 0.29) is 24.1 Å². The van der Waals surface area contributed by atoms with Crippen molar-refractivity contribution in [1.82, 2.24) is 14.9 Å². The number of amides is 1. The van der Waals surface area contributed by atoms with Crippen molar-refractivity contribution >= 4 is 22.9 Å². The summed E-state index contributed by atoms with van der Waals surface area (Å²) in [6.07, 6.45) is -1.17. The number of aromatic carboxylic acids is 1. The molecule has 0 unspecified atom stereocenters. The van der Waals surface area contributed by atoms with Crippen molar-refractivity contribution in [3.63, 3.8) is 0 Å². The molecule has 2 N–H and O–H groups in total. The van der Waals surface area contributed by atoms with Gasteiger partial charge in [0.1, 0.15) is 12.3 Å². The number of nitrogens with one attached hydrogen (secondary N) is 1. The number of benzene rings is 2. The highest BCUT2D eigenvalue weighted by Gasteiger charge is 2.30. The Morgan fingerprint density at radius 1 is 1.05 bits per heavy atom. The lowest BCUT2D eigenvalue weighted by Gasteiger charge is -2.15. The summed E-state index contributed by atoms with van der Waals surface area (Å²) in [5, 5.41) is 12.4. The van der Waals surface area contributed by atoms with Crippen LogP contribution in [0.5, 0.6) is 0 Å². The summed E-state index contributed by atoms with van der Waals surface area (Å²) in [6, 6.07) is 12.1. The zero-order valence-electron chi connectivity index (χ0n) is 19.7. The number of nitrogens with zero attached hydrogens (tertiary/aromatic N) is 2. The fraction of sp³-hybridized carbons (Fsp3) is 0.222. The lowest BCUT2D eigenvalue weighted by Crippen LogP contribution is -2.26. The summed E-state index contributed by atoms with van der Waals surface area (Å²) in [6.45, 7) is 1.05. The number of hydrogen-bond acceptors (Lipinski definition) is 3. The van der Waals surface area contributed by atoms with Crippen molar-refractivity contribution in [1.29, 1.82) is 0 Å². The van der Waals surface area contributed by atoms with Gasteiger partial charge in [-0.1, -0.05) is 24.3 Å². The van der Waals surface area contributed by atoms with E-state index in [9.17, 15) is 27.2 Å². The molecular weight excluding hydrogens is 490 g/mol. The maximum atomic E-state index is 13.3. The maximum Gasteiger partial charge on any atom is 0.416 e. The molecule has 1 amide bonds. The summed E-state index contributed by atoms with van der Waals surface area (Å²) in [4.78, 5) is 28.8. The topological polar surface area (TPSA) is 84.2 Å². The third kappa shape index (κ3) is 5.63. The number of aryl methyl sites for hydroxylation is 1. The van der Waals surface area contributed by atoms with Gasteiger partial charge in [0.15, 0.2) is 0 Å². The van der Waals surface area contributed by atoms with Gasteiger partial charge in [-0.2, -0.15) is 13.2 Å². The van der Waals surface area contributed by atoms with E-state index < -0.39 is 36.3 Å². The molecule has 192 valence electrons. The molecule has 0 fully saturated rings. The Morgan fingerprint density at radius 3 is 2.32 bits per heavy atom. The van der Waals surface area contributed by atoms with Crippen molar-refractivity contribution in [2.24, 2.45) is 0 Å². The fourth-order valence-electron chi connectivity index (χ4n) is 4.17. The van der Waals surface area contributed by atoms with Gasteiger partial charge in [0.05, 0.1) is 29.3 Å². The van der Waals surface area contributed by atoms with Crippen LogP contribution in [0.1, 0.15) is 55.9 Å². The SMILES string of the molecule is C[C@H](NC(=O)c1cn(CCF)c2nccc(Cc3ccc(C(F)(F)F)cc3)c12)c1ccc(C(=O)O)cc1. The van der Waals surface area contributed by atoms with E-state index in [0.717, 1.165) is 12.1 Å². The Hall–Kier alpha value is -4.21. The molecule has 2 aromatic heterocycles. The van der Waals surface area contributed by atoms with Crippen LogP contribution in [0.2, 0.25) is 0 Å². The number of carbonyl (C=O) groups excluding carboxylic acids is 1. The third-order valence-electron chi connectivity index (χ3n) is 6.09. The standard InChI is InChI=1S/C27H23F4N3O3/c1-16(18-4-6-19(7-5-18)26(36)37)33-25(35)22-15-34(13-11-28)24-23(22)20(10-12-32-24)14-17-2-8-21(9-3-17)27(29,30)31/h2-10,12,15-16H,11,13-14H2,1H3,(H,33,35)(H,36,37)/t16-/m0/s1. The Balaban J connectivity index is 1.66. The van der Waals surface area contributed by atoms with Crippen LogP contribution in [0.3, 0.4) is 0 Å². The van der Waals surface area contributed by atoms with E-state index in [1.54, 1.807) is 25.1 Å². The average molecular weight is 513 g/mol. The molecule has 0 saturated carbocycles. The normalized spacial score (nSPS) is 12.5. The van der Waals surface area contributed by atoms with Crippen molar-refractivity contribution in [3.05, 3.63) is 100 Å². The Kier molecular flexibility index (Phi) is 7.28. The monoisotopic (exact) mass is 513 g/mol. The fourth-order valence-corrected chi connectivity index (χ4v) is 4.17. The van der Waals surface area contributed by atoms with E-state index in [1.165, 1.54) is 41.2 Å². The number of carboxylic acids is 1. The Labute approximate surface area is 209 Å². The highest BCUT2D eigenvalue weighted by atomic mass is 19.4. The number of carboxylic acid groups (broad SMARTS) is 1. The molecule has 0 aliphatic carbocycles. The smallest absolute Gasteiger partial charge is 0.416 e. The molecule has 0 aliphatic heterocycles. The number of alkyl halides is 4. The van der Waals surface area contributed by atoms with Crippen LogP contribution in [0, 0.1) is 0 Å². The van der Waals surface area contributed by atoms with Crippen LogP contribution in [0.25, 0.3) is 11.0 Å². The minimum absolute atomic E-state index is 0.0211. The van der Waals surface area contributed by atoms with Gasteiger partial charge in [-0.25, -0.2) is 14.2 Å². The Bertz CT molecular complexity index is 1430. The van der Waals surface area contributed by atoms with Crippen LogP contribution in [-0.4, -0.2) is 33.2 Å². The zero-order valence-corrected chi connectivity index (χ0v) is 19.7. The van der Waals surface area contributed by atoms with Gasteiger partial charge in [0.25, 0.3) is 5.91 Å². The van der Waals surface area contributed by atoms with Crippen molar-refractivity contribution in [3.8, 4) is 0 Å². The quantitative estimate of drug-likeness (QED) is 0.292. The predicted octanol–water partition coefficient (Wildman–Crippen LogP) is 5.80. The van der Waals surface area contributed by atoms with Gasteiger partial charge in [0.2, 0.25) is 0 Å². The van der Waals surface area contributed by atoms with Gasteiger partial charge >= 0.3 is 12.1 Å². The van der Waals surface area contributed by atoms with E-state index in [2.05, 4.69) is 10.3 Å². The number of hydrogen-bond donors (Lipinski definition) is 2. The molecule has 10 heteroatoms. The largest absolute Gasteiger partial charge is 0.478 e. The van der Waals surface area contributed by atoms with Crippen molar-refractivity contribution < 1.29 is 32.3 Å². The molecule has 4 rings (SSSR count). The van der Waals surface area contributed by atoms with Gasteiger partial charge in [-0.05, 0) is 60.4 Å². The summed E-state index contributed by atoms with van der Waals surface area (Å²) in [7, 11) is 0. The average Bonchev–Trinajstić information content (AvgIpc) is 3.24. The second kappa shape index (κ2) is 10.4. The first-order valence-electron chi connectivity index (χ1n) is 11.4. The molecule has 2 aromatic carbocycles. The molecule has 37 heavy (non-hydrogen) atoms. The van der Waals surface area contributed by atoms with Gasteiger partial charge in [0, 0.05) is 17.8 Å². The number of fused-ring (bicyclic) bond motifs is 1. The highest BCUT2D eigenvalue weighted by Crippen LogP contribution is 2.31. The van der Waals surface area contributed by atoms with Crippen LogP contribution in [-0.2, 0) is 19.1 Å². The lowest BCUT2D eigenvalue weighted by molar-refractivity contribution is -0.137.